The molecule has 3 rings (SSSR count). The fraction of sp³-hybridized carbons (Fsp3) is 0.412. The lowest BCUT2D eigenvalue weighted by molar-refractivity contribution is 0.168. The molecule has 21 heavy (non-hydrogen) atoms. The Morgan fingerprint density at radius 1 is 1.38 bits per heavy atom. The van der Waals surface area contributed by atoms with Crippen LogP contribution in [0.15, 0.2) is 41.0 Å². The monoisotopic (exact) mass is 288 g/mol. The fourth-order valence-corrected chi connectivity index (χ4v) is 2.82. The van der Waals surface area contributed by atoms with Crippen molar-refractivity contribution in [2.75, 3.05) is 6.54 Å². The molecule has 0 amide bonds. The quantitative estimate of drug-likeness (QED) is 0.886. The Morgan fingerprint density at radius 2 is 2.19 bits per heavy atom. The second kappa shape index (κ2) is 6.00. The minimum atomic E-state index is -0.168. The second-order valence-electron chi connectivity index (χ2n) is 5.74. The van der Waals surface area contributed by atoms with Crippen molar-refractivity contribution >= 4 is 0 Å². The van der Waals surface area contributed by atoms with Crippen LogP contribution in [0.3, 0.4) is 0 Å². The molecule has 1 aromatic heterocycles. The van der Waals surface area contributed by atoms with Crippen molar-refractivity contribution in [2.24, 2.45) is 5.73 Å². The first kappa shape index (κ1) is 14.3. The van der Waals surface area contributed by atoms with E-state index in [1.807, 2.05) is 24.3 Å². The zero-order valence-electron chi connectivity index (χ0n) is 12.3. The van der Waals surface area contributed by atoms with E-state index in [4.69, 9.17) is 10.2 Å². The van der Waals surface area contributed by atoms with Gasteiger partial charge in [0.15, 0.2) is 0 Å². The van der Waals surface area contributed by atoms with Crippen LogP contribution in [0.2, 0.25) is 0 Å². The molecule has 4 heteroatoms. The van der Waals surface area contributed by atoms with Gasteiger partial charge in [-0.05, 0) is 49.1 Å². The van der Waals surface area contributed by atoms with E-state index in [9.17, 15) is 4.39 Å². The Hall–Kier alpha value is -1.65. The second-order valence-corrected chi connectivity index (χ2v) is 5.74. The number of rotatable bonds is 6. The van der Waals surface area contributed by atoms with E-state index < -0.39 is 0 Å². The summed E-state index contributed by atoms with van der Waals surface area (Å²) in [6.45, 7) is 3.05. The maximum absolute atomic E-state index is 13.5. The van der Waals surface area contributed by atoms with Gasteiger partial charge >= 0.3 is 0 Å². The number of benzene rings is 1. The Bertz CT molecular complexity index is 593. The molecule has 0 saturated heterocycles. The van der Waals surface area contributed by atoms with Crippen LogP contribution >= 0.6 is 0 Å². The van der Waals surface area contributed by atoms with Crippen molar-refractivity contribution < 1.29 is 8.81 Å². The molecule has 1 aromatic carbocycles. The van der Waals surface area contributed by atoms with Crippen molar-refractivity contribution in [2.45, 2.75) is 38.4 Å². The molecule has 2 aromatic rings. The number of nitrogens with two attached hydrogens (primary N) is 1. The lowest BCUT2D eigenvalue weighted by Crippen LogP contribution is -2.35. The van der Waals surface area contributed by atoms with Crippen molar-refractivity contribution in [1.82, 2.24) is 4.90 Å². The fourth-order valence-electron chi connectivity index (χ4n) is 2.82. The van der Waals surface area contributed by atoms with E-state index in [0.717, 1.165) is 17.9 Å². The van der Waals surface area contributed by atoms with Gasteiger partial charge in [0.1, 0.15) is 11.6 Å². The van der Waals surface area contributed by atoms with Crippen LogP contribution in [0.4, 0.5) is 4.39 Å². The molecule has 0 bridgehead atoms. The zero-order valence-corrected chi connectivity index (χ0v) is 12.3. The Morgan fingerprint density at radius 3 is 2.76 bits per heavy atom. The maximum Gasteiger partial charge on any atom is 0.126 e. The summed E-state index contributed by atoms with van der Waals surface area (Å²) in [5, 5.41) is 0. The predicted octanol–water partition coefficient (Wildman–Crippen LogP) is 3.39. The summed E-state index contributed by atoms with van der Waals surface area (Å²) >= 11 is 0. The highest BCUT2D eigenvalue weighted by Crippen LogP contribution is 2.35. The van der Waals surface area contributed by atoms with Gasteiger partial charge in [-0.3, -0.25) is 4.90 Å². The summed E-state index contributed by atoms with van der Waals surface area (Å²) in [7, 11) is 0. The van der Waals surface area contributed by atoms with Gasteiger partial charge in [0.2, 0.25) is 0 Å². The van der Waals surface area contributed by atoms with Crippen LogP contribution in [0, 0.1) is 12.7 Å². The minimum absolute atomic E-state index is 0.0990. The van der Waals surface area contributed by atoms with E-state index in [2.05, 4.69) is 4.90 Å². The number of nitrogens with zero attached hydrogens (tertiary/aromatic N) is 1. The van der Waals surface area contributed by atoms with Crippen LogP contribution in [-0.2, 0) is 6.54 Å². The highest BCUT2D eigenvalue weighted by molar-refractivity contribution is 5.27. The molecule has 1 atom stereocenters. The lowest BCUT2D eigenvalue weighted by Gasteiger charge is -2.31. The van der Waals surface area contributed by atoms with Gasteiger partial charge in [0.25, 0.3) is 0 Å². The summed E-state index contributed by atoms with van der Waals surface area (Å²) in [6.07, 6.45) is 4.08. The standard InChI is InChI=1S/C17H21FN2O/c1-12-9-13(4-7-16(12)18)17(10-19)20(14-5-6-14)11-15-3-2-8-21-15/h2-4,7-9,14,17H,5-6,10-11,19H2,1H3. The molecule has 0 spiro atoms. The predicted molar refractivity (Wildman–Crippen MR) is 80.2 cm³/mol. The van der Waals surface area contributed by atoms with Crippen molar-refractivity contribution in [1.29, 1.82) is 0 Å². The highest BCUT2D eigenvalue weighted by atomic mass is 19.1. The molecule has 0 aliphatic heterocycles. The zero-order chi connectivity index (χ0) is 14.8. The SMILES string of the molecule is Cc1cc(C(CN)N(Cc2ccco2)C2CC2)ccc1F. The van der Waals surface area contributed by atoms with Crippen molar-refractivity contribution in [3.8, 4) is 0 Å². The van der Waals surface area contributed by atoms with Gasteiger partial charge in [-0.2, -0.15) is 0 Å². The molecule has 1 saturated carbocycles. The van der Waals surface area contributed by atoms with E-state index in [1.165, 1.54) is 18.9 Å². The molecule has 1 aliphatic rings. The first-order valence-corrected chi connectivity index (χ1v) is 7.43. The van der Waals surface area contributed by atoms with Crippen molar-refractivity contribution in [3.05, 3.63) is 59.3 Å². The molecule has 0 radical (unpaired) electrons. The molecule has 1 heterocycles. The first-order chi connectivity index (χ1) is 10.2. The van der Waals surface area contributed by atoms with Crippen LogP contribution < -0.4 is 5.73 Å². The number of furan rings is 1. The Balaban J connectivity index is 1.86. The highest BCUT2D eigenvalue weighted by Gasteiger charge is 2.34. The third kappa shape index (κ3) is 3.17. The van der Waals surface area contributed by atoms with Crippen LogP contribution in [0.25, 0.3) is 0 Å². The van der Waals surface area contributed by atoms with Gasteiger partial charge in [-0.25, -0.2) is 4.39 Å². The molecule has 1 aliphatic carbocycles. The first-order valence-electron chi connectivity index (χ1n) is 7.43. The summed E-state index contributed by atoms with van der Waals surface area (Å²) in [5.74, 6) is 0.776. The van der Waals surface area contributed by atoms with E-state index in [1.54, 1.807) is 13.2 Å². The summed E-state index contributed by atoms with van der Waals surface area (Å²) in [6, 6.07) is 9.82. The van der Waals surface area contributed by atoms with Crippen LogP contribution in [0.1, 0.15) is 35.8 Å². The Labute approximate surface area is 124 Å². The largest absolute Gasteiger partial charge is 0.468 e. The number of halogens is 1. The van der Waals surface area contributed by atoms with E-state index in [-0.39, 0.29) is 11.9 Å². The average Bonchev–Trinajstić information content (AvgIpc) is 3.20. The summed E-state index contributed by atoms with van der Waals surface area (Å²) in [4.78, 5) is 2.38. The molecule has 1 unspecified atom stereocenters. The summed E-state index contributed by atoms with van der Waals surface area (Å²) in [5.41, 5.74) is 7.77. The molecular formula is C17H21FN2O. The topological polar surface area (TPSA) is 42.4 Å². The Kier molecular flexibility index (Phi) is 4.08. The molecule has 112 valence electrons. The number of hydrogen-bond acceptors (Lipinski definition) is 3. The smallest absolute Gasteiger partial charge is 0.126 e. The molecular weight excluding hydrogens is 267 g/mol. The van der Waals surface area contributed by atoms with Gasteiger partial charge in [-0.1, -0.05) is 12.1 Å². The third-order valence-corrected chi connectivity index (χ3v) is 4.12. The van der Waals surface area contributed by atoms with Gasteiger partial charge < -0.3 is 10.2 Å². The molecule has 1 fully saturated rings. The third-order valence-electron chi connectivity index (χ3n) is 4.12. The van der Waals surface area contributed by atoms with Gasteiger partial charge in [0.05, 0.1) is 12.8 Å². The molecule has 3 nitrogen and oxygen atoms in total. The van der Waals surface area contributed by atoms with E-state index >= 15 is 0 Å². The van der Waals surface area contributed by atoms with Crippen LogP contribution in [0.5, 0.6) is 0 Å². The average molecular weight is 288 g/mol. The van der Waals surface area contributed by atoms with Gasteiger partial charge in [-0.15, -0.1) is 0 Å². The van der Waals surface area contributed by atoms with Crippen LogP contribution in [-0.4, -0.2) is 17.5 Å². The number of hydrogen-bond donors (Lipinski definition) is 1. The number of aryl methyl sites for hydroxylation is 1. The van der Waals surface area contributed by atoms with Gasteiger partial charge in [0, 0.05) is 18.6 Å². The summed E-state index contributed by atoms with van der Waals surface area (Å²) < 4.78 is 19.0. The normalized spacial score (nSPS) is 16.4. The van der Waals surface area contributed by atoms with Crippen molar-refractivity contribution in [3.63, 3.8) is 0 Å². The van der Waals surface area contributed by atoms with E-state index in [0.29, 0.717) is 18.2 Å². The minimum Gasteiger partial charge on any atom is -0.468 e. The maximum atomic E-state index is 13.5. The lowest BCUT2D eigenvalue weighted by atomic mass is 10.0. The molecule has 2 N–H and O–H groups in total.